The first-order valence-corrected chi connectivity index (χ1v) is 6.51. The molecule has 3 N–H and O–H groups in total. The van der Waals surface area contributed by atoms with Gasteiger partial charge in [0.05, 0.1) is 24.6 Å². The lowest BCUT2D eigenvalue weighted by molar-refractivity contribution is -0.0246. The van der Waals surface area contributed by atoms with E-state index >= 15 is 0 Å². The zero-order chi connectivity index (χ0) is 13.8. The standard InChI is InChI=1S/C12H21N5O2/c1-3-17-4-5-19-9(8-17)6-14-12(18)11-10(13)7-15-16(11)2/h7,9H,3-6,8,13H2,1-2H3,(H,14,18). The molecular weight excluding hydrogens is 246 g/mol. The monoisotopic (exact) mass is 267 g/mol. The van der Waals surface area contributed by atoms with E-state index in [1.807, 2.05) is 0 Å². The molecule has 106 valence electrons. The molecule has 7 nitrogen and oxygen atoms in total. The number of anilines is 1. The van der Waals surface area contributed by atoms with Crippen molar-refractivity contribution in [1.82, 2.24) is 20.0 Å². The van der Waals surface area contributed by atoms with Gasteiger partial charge in [-0.2, -0.15) is 5.10 Å². The number of amides is 1. The number of aromatic nitrogens is 2. The second-order valence-corrected chi connectivity index (χ2v) is 4.67. The molecular formula is C12H21N5O2. The SMILES string of the molecule is CCN1CCOC(CNC(=O)c2c(N)cnn2C)C1. The van der Waals surface area contributed by atoms with Crippen LogP contribution in [0.25, 0.3) is 0 Å². The molecule has 1 amide bonds. The third-order valence-electron chi connectivity index (χ3n) is 3.34. The smallest absolute Gasteiger partial charge is 0.271 e. The van der Waals surface area contributed by atoms with Crippen molar-refractivity contribution in [3.05, 3.63) is 11.9 Å². The minimum Gasteiger partial charge on any atom is -0.396 e. The number of nitrogens with two attached hydrogens (primary N) is 1. The van der Waals surface area contributed by atoms with Gasteiger partial charge in [0.15, 0.2) is 0 Å². The fraction of sp³-hybridized carbons (Fsp3) is 0.667. The minimum atomic E-state index is -0.213. The Morgan fingerprint density at radius 1 is 1.68 bits per heavy atom. The van der Waals surface area contributed by atoms with E-state index in [-0.39, 0.29) is 12.0 Å². The Morgan fingerprint density at radius 3 is 3.11 bits per heavy atom. The number of rotatable bonds is 4. The van der Waals surface area contributed by atoms with E-state index in [0.717, 1.165) is 19.6 Å². The van der Waals surface area contributed by atoms with Crippen molar-refractivity contribution in [2.75, 3.05) is 38.5 Å². The summed E-state index contributed by atoms with van der Waals surface area (Å²) in [5.74, 6) is -0.213. The topological polar surface area (TPSA) is 85.4 Å². The molecule has 0 bridgehead atoms. The van der Waals surface area contributed by atoms with Crippen LogP contribution in [-0.4, -0.2) is 59.5 Å². The van der Waals surface area contributed by atoms with Crippen molar-refractivity contribution in [1.29, 1.82) is 0 Å². The third kappa shape index (κ3) is 3.24. The molecule has 0 saturated carbocycles. The highest BCUT2D eigenvalue weighted by Gasteiger charge is 2.21. The Kier molecular flexibility index (Phi) is 4.39. The van der Waals surface area contributed by atoms with Gasteiger partial charge in [0.1, 0.15) is 5.69 Å². The number of morpholine rings is 1. The van der Waals surface area contributed by atoms with Gasteiger partial charge >= 0.3 is 0 Å². The van der Waals surface area contributed by atoms with Crippen LogP contribution in [0.5, 0.6) is 0 Å². The predicted molar refractivity (Wildman–Crippen MR) is 71.8 cm³/mol. The highest BCUT2D eigenvalue weighted by Crippen LogP contribution is 2.09. The Bertz CT molecular complexity index is 426. The number of nitrogen functional groups attached to an aromatic ring is 1. The summed E-state index contributed by atoms with van der Waals surface area (Å²) in [6.07, 6.45) is 1.51. The van der Waals surface area contributed by atoms with Crippen molar-refractivity contribution in [3.8, 4) is 0 Å². The van der Waals surface area contributed by atoms with Gasteiger partial charge in [0, 0.05) is 26.7 Å². The van der Waals surface area contributed by atoms with Crippen molar-refractivity contribution in [2.24, 2.45) is 7.05 Å². The molecule has 1 unspecified atom stereocenters. The van der Waals surface area contributed by atoms with E-state index < -0.39 is 0 Å². The number of carbonyl (C=O) groups excluding carboxylic acids is 1. The number of carbonyl (C=O) groups is 1. The average Bonchev–Trinajstić information content (AvgIpc) is 2.76. The van der Waals surface area contributed by atoms with Gasteiger partial charge in [-0.3, -0.25) is 14.4 Å². The molecule has 2 rings (SSSR count). The molecule has 0 aliphatic carbocycles. The minimum absolute atomic E-state index is 0.0344. The van der Waals surface area contributed by atoms with Gasteiger partial charge in [0.2, 0.25) is 0 Å². The summed E-state index contributed by atoms with van der Waals surface area (Å²) in [6, 6.07) is 0. The Hall–Kier alpha value is -1.60. The van der Waals surface area contributed by atoms with E-state index in [9.17, 15) is 4.79 Å². The van der Waals surface area contributed by atoms with Crippen molar-refractivity contribution in [2.45, 2.75) is 13.0 Å². The molecule has 1 aromatic rings. The van der Waals surface area contributed by atoms with Crippen LogP contribution in [0.1, 0.15) is 17.4 Å². The fourth-order valence-electron chi connectivity index (χ4n) is 2.21. The van der Waals surface area contributed by atoms with E-state index in [4.69, 9.17) is 10.5 Å². The molecule has 1 fully saturated rings. The van der Waals surface area contributed by atoms with Crippen LogP contribution in [0.3, 0.4) is 0 Å². The number of aryl methyl sites for hydroxylation is 1. The summed E-state index contributed by atoms with van der Waals surface area (Å²) in [6.45, 7) is 6.12. The lowest BCUT2D eigenvalue weighted by atomic mass is 10.2. The van der Waals surface area contributed by atoms with E-state index in [0.29, 0.717) is 24.5 Å². The zero-order valence-corrected chi connectivity index (χ0v) is 11.4. The highest BCUT2D eigenvalue weighted by atomic mass is 16.5. The maximum atomic E-state index is 12.0. The van der Waals surface area contributed by atoms with Crippen LogP contribution in [0, 0.1) is 0 Å². The number of nitrogens with one attached hydrogen (secondary N) is 1. The van der Waals surface area contributed by atoms with Gasteiger partial charge in [-0.25, -0.2) is 0 Å². The molecule has 1 atom stereocenters. The summed E-state index contributed by atoms with van der Waals surface area (Å²) >= 11 is 0. The predicted octanol–water partition coefficient (Wildman–Crippen LogP) is -0.547. The lowest BCUT2D eigenvalue weighted by Crippen LogP contribution is -2.47. The largest absolute Gasteiger partial charge is 0.396 e. The third-order valence-corrected chi connectivity index (χ3v) is 3.34. The fourth-order valence-corrected chi connectivity index (χ4v) is 2.21. The second kappa shape index (κ2) is 6.03. The molecule has 1 aliphatic heterocycles. The van der Waals surface area contributed by atoms with E-state index in [1.54, 1.807) is 7.05 Å². The molecule has 0 aromatic carbocycles. The first-order valence-electron chi connectivity index (χ1n) is 6.51. The Morgan fingerprint density at radius 2 is 2.47 bits per heavy atom. The van der Waals surface area contributed by atoms with Crippen LogP contribution < -0.4 is 11.1 Å². The first-order chi connectivity index (χ1) is 9.11. The Balaban J connectivity index is 1.87. The van der Waals surface area contributed by atoms with Crippen LogP contribution in [-0.2, 0) is 11.8 Å². The molecule has 2 heterocycles. The molecule has 7 heteroatoms. The van der Waals surface area contributed by atoms with E-state index in [2.05, 4.69) is 22.2 Å². The van der Waals surface area contributed by atoms with Crippen LogP contribution >= 0.6 is 0 Å². The molecule has 1 aromatic heterocycles. The van der Waals surface area contributed by atoms with Gasteiger partial charge in [-0.1, -0.05) is 6.92 Å². The molecule has 19 heavy (non-hydrogen) atoms. The van der Waals surface area contributed by atoms with Crippen LogP contribution in [0.4, 0.5) is 5.69 Å². The summed E-state index contributed by atoms with van der Waals surface area (Å²) in [7, 11) is 1.70. The number of nitrogens with zero attached hydrogens (tertiary/aromatic N) is 3. The summed E-state index contributed by atoms with van der Waals surface area (Å²) in [5, 5.41) is 6.80. The second-order valence-electron chi connectivity index (χ2n) is 4.67. The molecule has 0 radical (unpaired) electrons. The normalized spacial score (nSPS) is 20.4. The number of hydrogen-bond donors (Lipinski definition) is 2. The van der Waals surface area contributed by atoms with Crippen LogP contribution in [0.2, 0.25) is 0 Å². The van der Waals surface area contributed by atoms with E-state index in [1.165, 1.54) is 10.9 Å². The van der Waals surface area contributed by atoms with Crippen molar-refractivity contribution < 1.29 is 9.53 Å². The van der Waals surface area contributed by atoms with Crippen molar-refractivity contribution in [3.63, 3.8) is 0 Å². The lowest BCUT2D eigenvalue weighted by Gasteiger charge is -2.32. The maximum Gasteiger partial charge on any atom is 0.271 e. The summed E-state index contributed by atoms with van der Waals surface area (Å²) in [5.41, 5.74) is 6.49. The van der Waals surface area contributed by atoms with Crippen LogP contribution in [0.15, 0.2) is 6.20 Å². The van der Waals surface area contributed by atoms with Gasteiger partial charge in [-0.15, -0.1) is 0 Å². The maximum absolute atomic E-state index is 12.0. The quantitative estimate of drug-likeness (QED) is 0.765. The number of hydrogen-bond acceptors (Lipinski definition) is 5. The van der Waals surface area contributed by atoms with Gasteiger partial charge < -0.3 is 15.8 Å². The average molecular weight is 267 g/mol. The van der Waals surface area contributed by atoms with Crippen molar-refractivity contribution >= 4 is 11.6 Å². The highest BCUT2D eigenvalue weighted by molar-refractivity contribution is 5.97. The molecule has 0 spiro atoms. The summed E-state index contributed by atoms with van der Waals surface area (Å²) < 4.78 is 7.11. The van der Waals surface area contributed by atoms with Gasteiger partial charge in [0.25, 0.3) is 5.91 Å². The Labute approximate surface area is 112 Å². The molecule has 1 saturated heterocycles. The molecule has 1 aliphatic rings. The summed E-state index contributed by atoms with van der Waals surface area (Å²) in [4.78, 5) is 14.3. The van der Waals surface area contributed by atoms with Gasteiger partial charge in [-0.05, 0) is 6.54 Å². The number of likely N-dealkylation sites (N-methyl/N-ethyl adjacent to an activating group) is 1. The zero-order valence-electron chi connectivity index (χ0n) is 11.4. The number of ether oxygens (including phenoxy) is 1. The first kappa shape index (κ1) is 13.8.